The lowest BCUT2D eigenvalue weighted by molar-refractivity contribution is 0.629. The summed E-state index contributed by atoms with van der Waals surface area (Å²) in [6.45, 7) is 2.71. The third kappa shape index (κ3) is 2.81. The van der Waals surface area contributed by atoms with E-state index < -0.39 is 0 Å². The molecule has 3 aromatic rings. The maximum atomic E-state index is 13.4. The van der Waals surface area contributed by atoms with Gasteiger partial charge in [-0.05, 0) is 43.3 Å². The fraction of sp³-hybridized carbons (Fsp3) is 0.125. The molecule has 0 amide bonds. The minimum Gasteiger partial charge on any atom is -0.370 e. The molecule has 3 rings (SSSR count). The van der Waals surface area contributed by atoms with Crippen LogP contribution in [0.5, 0.6) is 0 Å². The Kier molecular flexibility index (Phi) is 3.71. The van der Waals surface area contributed by atoms with Crippen molar-refractivity contribution < 1.29 is 4.39 Å². The van der Waals surface area contributed by atoms with Crippen LogP contribution in [0.1, 0.15) is 6.92 Å². The molecule has 21 heavy (non-hydrogen) atoms. The minimum absolute atomic E-state index is 0.314. The number of benzene rings is 2. The summed E-state index contributed by atoms with van der Waals surface area (Å²) in [5, 5.41) is 4.64. The number of aromatic nitrogens is 2. The van der Waals surface area contributed by atoms with Crippen LogP contribution in [0.25, 0.3) is 22.3 Å². The third-order valence-electron chi connectivity index (χ3n) is 3.11. The van der Waals surface area contributed by atoms with Crippen molar-refractivity contribution in [1.29, 1.82) is 0 Å². The van der Waals surface area contributed by atoms with Crippen LogP contribution in [-0.4, -0.2) is 16.5 Å². The normalized spacial score (nSPS) is 10.8. The molecule has 1 aromatic heterocycles. The Bertz CT molecular complexity index is 787. The lowest BCUT2D eigenvalue weighted by Gasteiger charge is -2.09. The lowest BCUT2D eigenvalue weighted by Crippen LogP contribution is -2.03. The van der Waals surface area contributed by atoms with Gasteiger partial charge in [0.15, 0.2) is 5.82 Å². The molecule has 0 bridgehead atoms. The molecular formula is C16H13ClFN3. The SMILES string of the molecule is CCNc1nc(-c2ccc(Cl)cc2)nc2cc(F)ccc12. The number of nitrogens with one attached hydrogen (secondary N) is 1. The standard InChI is InChI=1S/C16H13ClFN3/c1-2-19-16-13-8-7-12(18)9-14(13)20-15(21-16)10-3-5-11(17)6-4-10/h3-9H,2H2,1H3,(H,19,20,21). The Labute approximate surface area is 126 Å². The van der Waals surface area contributed by atoms with E-state index in [1.54, 1.807) is 18.2 Å². The smallest absolute Gasteiger partial charge is 0.162 e. The van der Waals surface area contributed by atoms with E-state index in [2.05, 4.69) is 15.3 Å². The van der Waals surface area contributed by atoms with Gasteiger partial charge in [-0.15, -0.1) is 0 Å². The van der Waals surface area contributed by atoms with E-state index in [9.17, 15) is 4.39 Å². The van der Waals surface area contributed by atoms with E-state index in [0.29, 0.717) is 22.2 Å². The predicted octanol–water partition coefficient (Wildman–Crippen LogP) is 4.52. The van der Waals surface area contributed by atoms with Crippen LogP contribution in [0.4, 0.5) is 10.2 Å². The van der Waals surface area contributed by atoms with Gasteiger partial charge in [-0.25, -0.2) is 14.4 Å². The Morgan fingerprint density at radius 1 is 1.10 bits per heavy atom. The van der Waals surface area contributed by atoms with Crippen LogP contribution in [0.15, 0.2) is 42.5 Å². The van der Waals surface area contributed by atoms with Crippen LogP contribution in [0.3, 0.4) is 0 Å². The van der Waals surface area contributed by atoms with E-state index in [1.165, 1.54) is 12.1 Å². The molecule has 0 saturated carbocycles. The number of fused-ring (bicyclic) bond motifs is 1. The summed E-state index contributed by atoms with van der Waals surface area (Å²) in [4.78, 5) is 8.98. The zero-order chi connectivity index (χ0) is 14.8. The van der Waals surface area contributed by atoms with Gasteiger partial charge in [0.25, 0.3) is 0 Å². The van der Waals surface area contributed by atoms with Crippen molar-refractivity contribution in [1.82, 2.24) is 9.97 Å². The summed E-state index contributed by atoms with van der Waals surface area (Å²) < 4.78 is 13.4. The van der Waals surface area contributed by atoms with Crippen molar-refractivity contribution in [2.24, 2.45) is 0 Å². The van der Waals surface area contributed by atoms with E-state index >= 15 is 0 Å². The van der Waals surface area contributed by atoms with Gasteiger partial charge in [-0.1, -0.05) is 11.6 Å². The zero-order valence-corrected chi connectivity index (χ0v) is 12.2. The topological polar surface area (TPSA) is 37.8 Å². The highest BCUT2D eigenvalue weighted by molar-refractivity contribution is 6.30. The minimum atomic E-state index is -0.314. The van der Waals surface area contributed by atoms with Gasteiger partial charge < -0.3 is 5.32 Å². The zero-order valence-electron chi connectivity index (χ0n) is 11.4. The van der Waals surface area contributed by atoms with Crippen molar-refractivity contribution in [2.75, 3.05) is 11.9 Å². The van der Waals surface area contributed by atoms with Crippen molar-refractivity contribution >= 4 is 28.3 Å². The molecule has 0 atom stereocenters. The van der Waals surface area contributed by atoms with Gasteiger partial charge in [0, 0.05) is 28.6 Å². The molecule has 3 nitrogen and oxygen atoms in total. The lowest BCUT2D eigenvalue weighted by atomic mass is 10.2. The molecule has 1 N–H and O–H groups in total. The van der Waals surface area contributed by atoms with Gasteiger partial charge in [-0.3, -0.25) is 0 Å². The second kappa shape index (κ2) is 5.66. The highest BCUT2D eigenvalue weighted by Gasteiger charge is 2.09. The Morgan fingerprint density at radius 3 is 2.57 bits per heavy atom. The fourth-order valence-electron chi connectivity index (χ4n) is 2.13. The van der Waals surface area contributed by atoms with Crippen LogP contribution in [-0.2, 0) is 0 Å². The Balaban J connectivity index is 2.21. The van der Waals surface area contributed by atoms with Crippen LogP contribution in [0, 0.1) is 5.82 Å². The molecule has 0 aliphatic carbocycles. The largest absolute Gasteiger partial charge is 0.370 e. The number of hydrogen-bond acceptors (Lipinski definition) is 3. The highest BCUT2D eigenvalue weighted by atomic mass is 35.5. The second-order valence-electron chi connectivity index (χ2n) is 4.59. The monoisotopic (exact) mass is 301 g/mol. The van der Waals surface area contributed by atoms with Gasteiger partial charge in [0.2, 0.25) is 0 Å². The van der Waals surface area contributed by atoms with Gasteiger partial charge >= 0.3 is 0 Å². The summed E-state index contributed by atoms with van der Waals surface area (Å²) in [5.41, 5.74) is 1.41. The van der Waals surface area contributed by atoms with E-state index in [4.69, 9.17) is 11.6 Å². The summed E-state index contributed by atoms with van der Waals surface area (Å²) in [6, 6.07) is 11.8. The van der Waals surface area contributed by atoms with Crippen LogP contribution < -0.4 is 5.32 Å². The molecule has 0 saturated heterocycles. The van der Waals surface area contributed by atoms with Gasteiger partial charge in [0.05, 0.1) is 5.52 Å². The van der Waals surface area contributed by atoms with E-state index in [1.807, 2.05) is 19.1 Å². The summed E-state index contributed by atoms with van der Waals surface area (Å²) >= 11 is 5.89. The maximum absolute atomic E-state index is 13.4. The Morgan fingerprint density at radius 2 is 1.86 bits per heavy atom. The quantitative estimate of drug-likeness (QED) is 0.773. The van der Waals surface area contributed by atoms with Gasteiger partial charge in [0.1, 0.15) is 11.6 Å². The third-order valence-corrected chi connectivity index (χ3v) is 3.36. The molecule has 0 fully saturated rings. The number of anilines is 1. The molecule has 5 heteroatoms. The van der Waals surface area contributed by atoms with E-state index in [0.717, 1.165) is 17.5 Å². The average Bonchev–Trinajstić information content (AvgIpc) is 2.47. The molecule has 106 valence electrons. The molecular weight excluding hydrogens is 289 g/mol. The predicted molar refractivity (Wildman–Crippen MR) is 84.1 cm³/mol. The van der Waals surface area contributed by atoms with Crippen molar-refractivity contribution in [3.63, 3.8) is 0 Å². The molecule has 2 aromatic carbocycles. The number of nitrogens with zero attached hydrogens (tertiary/aromatic N) is 2. The molecule has 0 aliphatic rings. The van der Waals surface area contributed by atoms with E-state index in [-0.39, 0.29) is 5.82 Å². The summed E-state index contributed by atoms with van der Waals surface area (Å²) in [6.07, 6.45) is 0. The first-order valence-electron chi connectivity index (χ1n) is 6.64. The number of rotatable bonds is 3. The summed E-state index contributed by atoms with van der Waals surface area (Å²) in [5.74, 6) is 0.930. The maximum Gasteiger partial charge on any atom is 0.162 e. The number of hydrogen-bond donors (Lipinski definition) is 1. The van der Waals surface area contributed by atoms with Crippen molar-refractivity contribution in [3.8, 4) is 11.4 Å². The molecule has 0 spiro atoms. The first-order valence-corrected chi connectivity index (χ1v) is 7.02. The second-order valence-corrected chi connectivity index (χ2v) is 5.03. The first-order chi connectivity index (χ1) is 10.2. The number of halogens is 2. The first kappa shape index (κ1) is 13.8. The fourth-order valence-corrected chi connectivity index (χ4v) is 2.26. The molecule has 0 unspecified atom stereocenters. The van der Waals surface area contributed by atoms with Gasteiger partial charge in [-0.2, -0.15) is 0 Å². The molecule has 0 aliphatic heterocycles. The Hall–Kier alpha value is -2.20. The molecule has 0 radical (unpaired) electrons. The molecule has 1 heterocycles. The highest BCUT2D eigenvalue weighted by Crippen LogP contribution is 2.26. The van der Waals surface area contributed by atoms with Crippen LogP contribution in [0.2, 0.25) is 5.02 Å². The van der Waals surface area contributed by atoms with Crippen molar-refractivity contribution in [2.45, 2.75) is 6.92 Å². The van der Waals surface area contributed by atoms with Crippen molar-refractivity contribution in [3.05, 3.63) is 53.3 Å². The average molecular weight is 302 g/mol. The van der Waals surface area contributed by atoms with Crippen LogP contribution >= 0.6 is 11.6 Å². The summed E-state index contributed by atoms with van der Waals surface area (Å²) in [7, 11) is 0.